The SMILES string of the molecule is CC(OCC1CCCO1)C(=O)NCCc1ccc(OCC(=O)O)cc1. The predicted molar refractivity (Wildman–Crippen MR) is 90.7 cm³/mol. The van der Waals surface area contributed by atoms with Crippen molar-refractivity contribution in [3.63, 3.8) is 0 Å². The summed E-state index contributed by atoms with van der Waals surface area (Å²) in [4.78, 5) is 22.4. The van der Waals surface area contributed by atoms with Gasteiger partial charge >= 0.3 is 5.97 Å². The molecule has 1 aromatic carbocycles. The molecular weight excluding hydrogens is 326 g/mol. The number of carboxylic acids is 1. The molecule has 1 heterocycles. The van der Waals surface area contributed by atoms with Gasteiger partial charge in [0.05, 0.1) is 12.7 Å². The molecule has 0 radical (unpaired) electrons. The van der Waals surface area contributed by atoms with Crippen LogP contribution < -0.4 is 10.1 Å². The average Bonchev–Trinajstić information content (AvgIpc) is 3.12. The van der Waals surface area contributed by atoms with E-state index in [2.05, 4.69) is 5.32 Å². The molecule has 138 valence electrons. The van der Waals surface area contributed by atoms with Crippen molar-refractivity contribution in [1.29, 1.82) is 0 Å². The zero-order valence-electron chi connectivity index (χ0n) is 14.4. The molecule has 0 saturated carbocycles. The number of carbonyl (C=O) groups is 2. The highest BCUT2D eigenvalue weighted by Crippen LogP contribution is 2.13. The van der Waals surface area contributed by atoms with Crippen molar-refractivity contribution >= 4 is 11.9 Å². The summed E-state index contributed by atoms with van der Waals surface area (Å²) in [6.07, 6.45) is 2.31. The van der Waals surface area contributed by atoms with E-state index in [9.17, 15) is 9.59 Å². The minimum absolute atomic E-state index is 0.108. The summed E-state index contributed by atoms with van der Waals surface area (Å²) in [5, 5.41) is 11.4. The molecule has 0 aliphatic carbocycles. The van der Waals surface area contributed by atoms with Crippen LogP contribution in [0.5, 0.6) is 5.75 Å². The average molecular weight is 351 g/mol. The van der Waals surface area contributed by atoms with Crippen LogP contribution in [0.25, 0.3) is 0 Å². The zero-order valence-corrected chi connectivity index (χ0v) is 14.4. The van der Waals surface area contributed by atoms with Crippen LogP contribution in [0.3, 0.4) is 0 Å². The van der Waals surface area contributed by atoms with E-state index in [-0.39, 0.29) is 18.6 Å². The Balaban J connectivity index is 1.63. The minimum Gasteiger partial charge on any atom is -0.482 e. The number of carboxylic acid groups (broad SMARTS) is 1. The Bertz CT molecular complexity index is 553. The van der Waals surface area contributed by atoms with Crippen molar-refractivity contribution < 1.29 is 28.9 Å². The summed E-state index contributed by atoms with van der Waals surface area (Å²) in [7, 11) is 0. The van der Waals surface area contributed by atoms with Crippen LogP contribution in [-0.2, 0) is 25.5 Å². The Kier molecular flexibility index (Phi) is 7.69. The number of hydrogen-bond donors (Lipinski definition) is 2. The van der Waals surface area contributed by atoms with Crippen LogP contribution in [0.4, 0.5) is 0 Å². The molecule has 1 amide bonds. The Morgan fingerprint density at radius 2 is 2.12 bits per heavy atom. The van der Waals surface area contributed by atoms with Gasteiger partial charge in [0, 0.05) is 13.2 Å². The number of hydrogen-bond acceptors (Lipinski definition) is 5. The maximum absolute atomic E-state index is 12.0. The standard InChI is InChI=1S/C18H25NO6/c1-13(24-11-16-3-2-10-23-16)18(22)19-9-8-14-4-6-15(7-5-14)25-12-17(20)21/h4-7,13,16H,2-3,8-12H2,1H3,(H,19,22)(H,20,21). The molecule has 0 spiro atoms. The van der Waals surface area contributed by atoms with Crippen LogP contribution >= 0.6 is 0 Å². The van der Waals surface area contributed by atoms with Gasteiger partial charge in [0.2, 0.25) is 5.91 Å². The molecule has 0 bridgehead atoms. The Labute approximate surface area is 147 Å². The van der Waals surface area contributed by atoms with E-state index < -0.39 is 12.1 Å². The van der Waals surface area contributed by atoms with Crippen molar-refractivity contribution in [3.8, 4) is 5.75 Å². The van der Waals surface area contributed by atoms with Gasteiger partial charge in [-0.25, -0.2) is 4.79 Å². The van der Waals surface area contributed by atoms with Crippen molar-refractivity contribution in [3.05, 3.63) is 29.8 Å². The number of carbonyl (C=O) groups excluding carboxylic acids is 1. The molecule has 2 rings (SSSR count). The number of ether oxygens (including phenoxy) is 3. The van der Waals surface area contributed by atoms with Crippen molar-refractivity contribution in [2.75, 3.05) is 26.4 Å². The quantitative estimate of drug-likeness (QED) is 0.662. The fourth-order valence-electron chi connectivity index (χ4n) is 2.47. The van der Waals surface area contributed by atoms with Gasteiger partial charge in [-0.3, -0.25) is 4.79 Å². The third-order valence-electron chi connectivity index (χ3n) is 3.92. The Morgan fingerprint density at radius 3 is 2.76 bits per heavy atom. The topological polar surface area (TPSA) is 94.1 Å². The summed E-state index contributed by atoms with van der Waals surface area (Å²) in [6, 6.07) is 7.13. The molecule has 7 heteroatoms. The molecule has 2 unspecified atom stereocenters. The van der Waals surface area contributed by atoms with Gasteiger partial charge in [-0.2, -0.15) is 0 Å². The van der Waals surface area contributed by atoms with Crippen LogP contribution in [0, 0.1) is 0 Å². The van der Waals surface area contributed by atoms with Crippen molar-refractivity contribution in [2.45, 2.75) is 38.4 Å². The molecule has 2 N–H and O–H groups in total. The lowest BCUT2D eigenvalue weighted by Crippen LogP contribution is -2.37. The van der Waals surface area contributed by atoms with Gasteiger partial charge in [-0.05, 0) is 43.9 Å². The van der Waals surface area contributed by atoms with E-state index in [1.165, 1.54) is 0 Å². The molecule has 1 fully saturated rings. The normalized spacial score (nSPS) is 17.9. The lowest BCUT2D eigenvalue weighted by atomic mass is 10.1. The van der Waals surface area contributed by atoms with Gasteiger partial charge < -0.3 is 24.6 Å². The summed E-state index contributed by atoms with van der Waals surface area (Å²) in [6.45, 7) is 3.10. The lowest BCUT2D eigenvalue weighted by molar-refractivity contribution is -0.139. The number of amides is 1. The maximum atomic E-state index is 12.0. The molecule has 7 nitrogen and oxygen atoms in total. The van der Waals surface area contributed by atoms with Gasteiger partial charge in [0.1, 0.15) is 11.9 Å². The minimum atomic E-state index is -1.01. The van der Waals surface area contributed by atoms with Gasteiger partial charge in [0.25, 0.3) is 0 Å². The second-order valence-corrected chi connectivity index (χ2v) is 5.98. The first-order valence-electron chi connectivity index (χ1n) is 8.49. The van der Waals surface area contributed by atoms with Gasteiger partial charge in [-0.1, -0.05) is 12.1 Å². The lowest BCUT2D eigenvalue weighted by Gasteiger charge is -2.16. The van der Waals surface area contributed by atoms with E-state index in [4.69, 9.17) is 19.3 Å². The zero-order chi connectivity index (χ0) is 18.1. The highest BCUT2D eigenvalue weighted by molar-refractivity contribution is 5.80. The van der Waals surface area contributed by atoms with Crippen LogP contribution in [0.15, 0.2) is 24.3 Å². The third-order valence-corrected chi connectivity index (χ3v) is 3.92. The van der Waals surface area contributed by atoms with Crippen molar-refractivity contribution in [1.82, 2.24) is 5.32 Å². The maximum Gasteiger partial charge on any atom is 0.341 e. The first-order valence-corrected chi connectivity index (χ1v) is 8.49. The molecule has 1 aliphatic heterocycles. The predicted octanol–water partition coefficient (Wildman–Crippen LogP) is 1.39. The molecule has 1 aliphatic rings. The monoisotopic (exact) mass is 351 g/mol. The molecule has 1 aromatic rings. The van der Waals surface area contributed by atoms with Crippen molar-refractivity contribution in [2.24, 2.45) is 0 Å². The fourth-order valence-corrected chi connectivity index (χ4v) is 2.47. The highest BCUT2D eigenvalue weighted by Gasteiger charge is 2.19. The number of rotatable bonds is 10. The summed E-state index contributed by atoms with van der Waals surface area (Å²) in [5.41, 5.74) is 1.02. The molecule has 25 heavy (non-hydrogen) atoms. The second kappa shape index (κ2) is 10.0. The fraction of sp³-hybridized carbons (Fsp3) is 0.556. The first-order chi connectivity index (χ1) is 12.0. The summed E-state index contributed by atoms with van der Waals surface area (Å²) in [5.74, 6) is -0.645. The first kappa shape index (κ1) is 19.2. The van der Waals surface area contributed by atoms with Crippen LogP contribution in [0.1, 0.15) is 25.3 Å². The Morgan fingerprint density at radius 1 is 1.36 bits per heavy atom. The smallest absolute Gasteiger partial charge is 0.341 e. The van der Waals surface area contributed by atoms with E-state index in [0.717, 1.165) is 25.0 Å². The van der Waals surface area contributed by atoms with Gasteiger partial charge in [-0.15, -0.1) is 0 Å². The van der Waals surface area contributed by atoms with E-state index in [1.807, 2.05) is 12.1 Å². The van der Waals surface area contributed by atoms with E-state index in [0.29, 0.717) is 25.3 Å². The largest absolute Gasteiger partial charge is 0.482 e. The molecule has 2 atom stereocenters. The van der Waals surface area contributed by atoms with Crippen LogP contribution in [0.2, 0.25) is 0 Å². The second-order valence-electron chi connectivity index (χ2n) is 5.98. The summed E-state index contributed by atoms with van der Waals surface area (Å²) < 4.78 is 16.1. The van der Waals surface area contributed by atoms with Gasteiger partial charge in [0.15, 0.2) is 6.61 Å². The number of aliphatic carboxylic acids is 1. The summed E-state index contributed by atoms with van der Waals surface area (Å²) >= 11 is 0. The molecule has 1 saturated heterocycles. The molecule has 0 aromatic heterocycles. The third kappa shape index (κ3) is 7.11. The highest BCUT2D eigenvalue weighted by atomic mass is 16.5. The van der Waals surface area contributed by atoms with E-state index in [1.54, 1.807) is 19.1 Å². The number of benzene rings is 1. The molecular formula is C18H25NO6. The van der Waals surface area contributed by atoms with Crippen LogP contribution in [-0.4, -0.2) is 55.6 Å². The number of nitrogens with one attached hydrogen (secondary N) is 1. The van der Waals surface area contributed by atoms with E-state index >= 15 is 0 Å². The Hall–Kier alpha value is -2.12.